The predicted octanol–water partition coefficient (Wildman–Crippen LogP) is 3.57. The number of rotatable bonds is 4. The average molecular weight is 357 g/mol. The number of nitriles is 1. The molecule has 0 amide bonds. The van der Waals surface area contributed by atoms with Crippen LogP contribution in [0.1, 0.15) is 48.2 Å². The van der Waals surface area contributed by atoms with Crippen LogP contribution >= 0.6 is 0 Å². The molecule has 7 heteroatoms. The van der Waals surface area contributed by atoms with Gasteiger partial charge in [-0.25, -0.2) is 9.18 Å². The summed E-state index contributed by atoms with van der Waals surface area (Å²) >= 11 is 0. The molecular formula is C19H20FN3O3. The molecule has 0 aliphatic heterocycles. The van der Waals surface area contributed by atoms with Crippen molar-refractivity contribution in [3.05, 3.63) is 41.5 Å². The average Bonchev–Trinajstić information content (AvgIpc) is 2.98. The number of esters is 1. The quantitative estimate of drug-likeness (QED) is 0.845. The van der Waals surface area contributed by atoms with Crippen LogP contribution in [0.15, 0.2) is 24.4 Å². The number of benzene rings is 1. The first kappa shape index (κ1) is 17.8. The van der Waals surface area contributed by atoms with E-state index < -0.39 is 11.8 Å². The van der Waals surface area contributed by atoms with Crippen LogP contribution in [0.4, 0.5) is 10.1 Å². The van der Waals surface area contributed by atoms with Crippen molar-refractivity contribution in [1.82, 2.24) is 4.57 Å². The number of anilines is 1. The van der Waals surface area contributed by atoms with Gasteiger partial charge in [-0.05, 0) is 37.8 Å². The lowest BCUT2D eigenvalue weighted by Gasteiger charge is -2.25. The number of methoxy groups -OCH3 is 1. The van der Waals surface area contributed by atoms with Gasteiger partial charge in [0.25, 0.3) is 0 Å². The van der Waals surface area contributed by atoms with Crippen molar-refractivity contribution in [3.63, 3.8) is 0 Å². The first-order valence-corrected chi connectivity index (χ1v) is 8.51. The Morgan fingerprint density at radius 2 is 2.08 bits per heavy atom. The van der Waals surface area contributed by atoms with Crippen LogP contribution in [0.3, 0.4) is 0 Å². The van der Waals surface area contributed by atoms with Crippen molar-refractivity contribution >= 4 is 11.7 Å². The Morgan fingerprint density at radius 1 is 1.35 bits per heavy atom. The number of hydrogen-bond acceptors (Lipinski definition) is 5. The summed E-state index contributed by atoms with van der Waals surface area (Å²) in [6, 6.07) is 6.38. The van der Waals surface area contributed by atoms with Crippen molar-refractivity contribution < 1.29 is 18.7 Å². The number of carbonyl (C=O) groups excluding carboxylic acids is 1. The van der Waals surface area contributed by atoms with E-state index in [0.29, 0.717) is 5.75 Å². The maximum atomic E-state index is 14.7. The molecule has 1 aliphatic rings. The molecule has 0 bridgehead atoms. The fraction of sp³-hybridized carbons (Fsp3) is 0.368. The highest BCUT2D eigenvalue weighted by atomic mass is 19.1. The zero-order chi connectivity index (χ0) is 18.7. The number of para-hydroxylation sites is 1. The van der Waals surface area contributed by atoms with Crippen LogP contribution in [0.5, 0.6) is 5.75 Å². The highest BCUT2D eigenvalue weighted by Gasteiger charge is 2.26. The van der Waals surface area contributed by atoms with Gasteiger partial charge in [0.05, 0.1) is 24.5 Å². The molecule has 1 fully saturated rings. The maximum absolute atomic E-state index is 14.7. The molecule has 1 aromatic heterocycles. The van der Waals surface area contributed by atoms with Crippen molar-refractivity contribution in [2.45, 2.75) is 38.2 Å². The molecule has 3 rings (SSSR count). The zero-order valence-corrected chi connectivity index (χ0v) is 14.5. The van der Waals surface area contributed by atoms with Crippen LogP contribution in [0.25, 0.3) is 5.69 Å². The molecule has 0 radical (unpaired) electrons. The third-order valence-corrected chi connectivity index (χ3v) is 4.58. The van der Waals surface area contributed by atoms with E-state index in [1.165, 1.54) is 30.4 Å². The van der Waals surface area contributed by atoms with Gasteiger partial charge in [-0.1, -0.05) is 12.5 Å². The van der Waals surface area contributed by atoms with E-state index in [0.717, 1.165) is 25.7 Å². The van der Waals surface area contributed by atoms with E-state index in [1.807, 2.05) is 6.07 Å². The number of aromatic nitrogens is 1. The number of nitrogens with zero attached hydrogens (tertiary/aromatic N) is 2. The molecule has 26 heavy (non-hydrogen) atoms. The van der Waals surface area contributed by atoms with Crippen molar-refractivity contribution in [2.24, 2.45) is 0 Å². The smallest absolute Gasteiger partial charge is 0.357 e. The third-order valence-electron chi connectivity index (χ3n) is 4.58. The lowest BCUT2D eigenvalue weighted by atomic mass is 9.98. The predicted molar refractivity (Wildman–Crippen MR) is 93.7 cm³/mol. The highest BCUT2D eigenvalue weighted by molar-refractivity contribution is 5.96. The summed E-state index contributed by atoms with van der Waals surface area (Å²) in [7, 11) is 1.20. The number of ether oxygens (including phenoxy) is 2. The maximum Gasteiger partial charge on any atom is 0.357 e. The lowest BCUT2D eigenvalue weighted by molar-refractivity contribution is 0.0592. The summed E-state index contributed by atoms with van der Waals surface area (Å²) in [6.45, 7) is 0. The van der Waals surface area contributed by atoms with Gasteiger partial charge in [-0.2, -0.15) is 5.26 Å². The SMILES string of the molecule is COC(=O)c1c(N)c(C#N)cn1-c1c(F)cccc1OC1CCCCC1. The summed E-state index contributed by atoms with van der Waals surface area (Å²) in [6.07, 6.45) is 6.42. The number of nitrogen functional groups attached to an aromatic ring is 1. The molecule has 1 aromatic carbocycles. The third kappa shape index (κ3) is 3.23. The number of carbonyl (C=O) groups is 1. The first-order valence-electron chi connectivity index (χ1n) is 8.51. The van der Waals surface area contributed by atoms with Crippen LogP contribution in [0, 0.1) is 17.1 Å². The van der Waals surface area contributed by atoms with Gasteiger partial charge >= 0.3 is 5.97 Å². The summed E-state index contributed by atoms with van der Waals surface area (Å²) in [5.74, 6) is -1.03. The van der Waals surface area contributed by atoms with E-state index in [-0.39, 0.29) is 28.7 Å². The van der Waals surface area contributed by atoms with E-state index in [9.17, 15) is 14.4 Å². The molecule has 2 N–H and O–H groups in total. The van der Waals surface area contributed by atoms with Crippen LogP contribution in [-0.4, -0.2) is 23.8 Å². The highest BCUT2D eigenvalue weighted by Crippen LogP contribution is 2.34. The number of nitrogens with two attached hydrogens (primary N) is 1. The van der Waals surface area contributed by atoms with Crippen LogP contribution in [-0.2, 0) is 4.74 Å². The molecule has 6 nitrogen and oxygen atoms in total. The molecule has 1 heterocycles. The topological polar surface area (TPSA) is 90.3 Å². The van der Waals surface area contributed by atoms with Gasteiger partial charge < -0.3 is 19.8 Å². The summed E-state index contributed by atoms with van der Waals surface area (Å²) in [5.41, 5.74) is 5.88. The van der Waals surface area contributed by atoms with E-state index in [4.69, 9.17) is 15.2 Å². The first-order chi connectivity index (χ1) is 12.6. The minimum atomic E-state index is -0.754. The molecule has 0 unspecified atom stereocenters. The Morgan fingerprint density at radius 3 is 2.73 bits per heavy atom. The monoisotopic (exact) mass is 357 g/mol. The number of halogens is 1. The molecule has 2 aromatic rings. The normalized spacial score (nSPS) is 14.7. The van der Waals surface area contributed by atoms with Gasteiger partial charge in [-0.3, -0.25) is 0 Å². The Bertz CT molecular complexity index is 864. The standard InChI is InChI=1S/C19H20FN3O3/c1-25-19(24)18-16(22)12(10-21)11-23(18)17-14(20)8-5-9-15(17)26-13-6-3-2-4-7-13/h5,8-9,11,13H,2-4,6-7,22H2,1H3. The van der Waals surface area contributed by atoms with Crippen molar-refractivity contribution in [1.29, 1.82) is 5.26 Å². The van der Waals surface area contributed by atoms with Gasteiger partial charge in [0.15, 0.2) is 11.5 Å². The summed E-state index contributed by atoms with van der Waals surface area (Å²) < 4.78 is 26.7. The second-order valence-corrected chi connectivity index (χ2v) is 6.24. The van der Waals surface area contributed by atoms with Gasteiger partial charge in [-0.15, -0.1) is 0 Å². The van der Waals surface area contributed by atoms with Crippen LogP contribution < -0.4 is 10.5 Å². The van der Waals surface area contributed by atoms with Crippen LogP contribution in [0.2, 0.25) is 0 Å². The summed E-state index contributed by atoms with van der Waals surface area (Å²) in [4.78, 5) is 12.2. The minimum Gasteiger partial charge on any atom is -0.488 e. The Kier molecular flexibility index (Phi) is 5.12. The van der Waals surface area contributed by atoms with E-state index in [1.54, 1.807) is 12.1 Å². The molecule has 0 spiro atoms. The molecule has 0 saturated heterocycles. The minimum absolute atomic E-state index is 0.00535. The van der Waals surface area contributed by atoms with Gasteiger partial charge in [0.1, 0.15) is 17.5 Å². The molecule has 136 valence electrons. The Balaban J connectivity index is 2.12. The molecule has 1 aliphatic carbocycles. The van der Waals surface area contributed by atoms with Crippen molar-refractivity contribution in [2.75, 3.05) is 12.8 Å². The van der Waals surface area contributed by atoms with Gasteiger partial charge in [0, 0.05) is 6.20 Å². The second-order valence-electron chi connectivity index (χ2n) is 6.24. The zero-order valence-electron chi connectivity index (χ0n) is 14.5. The Hall–Kier alpha value is -3.01. The van der Waals surface area contributed by atoms with Crippen molar-refractivity contribution in [3.8, 4) is 17.5 Å². The fourth-order valence-corrected chi connectivity index (χ4v) is 3.28. The second kappa shape index (κ2) is 7.48. The largest absolute Gasteiger partial charge is 0.488 e. The molecule has 0 atom stereocenters. The summed E-state index contributed by atoms with van der Waals surface area (Å²) in [5, 5.41) is 9.24. The fourth-order valence-electron chi connectivity index (χ4n) is 3.28. The molecular weight excluding hydrogens is 337 g/mol. The lowest BCUT2D eigenvalue weighted by Crippen LogP contribution is -2.21. The molecule has 1 saturated carbocycles. The Labute approximate surface area is 150 Å². The number of hydrogen-bond donors (Lipinski definition) is 1. The van der Waals surface area contributed by atoms with E-state index in [2.05, 4.69) is 0 Å². The van der Waals surface area contributed by atoms with Gasteiger partial charge in [0.2, 0.25) is 0 Å². The van der Waals surface area contributed by atoms with E-state index >= 15 is 0 Å².